The van der Waals surface area contributed by atoms with Crippen LogP contribution in [0.25, 0.3) is 5.69 Å². The van der Waals surface area contributed by atoms with Gasteiger partial charge >= 0.3 is 0 Å². The van der Waals surface area contributed by atoms with E-state index in [0.717, 1.165) is 37.7 Å². The second kappa shape index (κ2) is 8.32. The molecule has 0 aliphatic carbocycles. The minimum Gasteiger partial charge on any atom is -0.493 e. The zero-order valence-electron chi connectivity index (χ0n) is 16.6. The number of nitrogens with zero attached hydrogens (tertiary/aromatic N) is 5. The van der Waals surface area contributed by atoms with E-state index < -0.39 is 0 Å². The standard InChI is InChI=1S/C21H24N6O2/c1-25-10-12-26(13-11-25)19-9-8-16(14-22-19)23-21(28)20-18(29-2)15-27(24-20)17-6-4-3-5-7-17/h3-9,14-15H,10-13H2,1-2H3,(H,23,28). The predicted octanol–water partition coefficient (Wildman–Crippen LogP) is 2.28. The summed E-state index contributed by atoms with van der Waals surface area (Å²) in [5.41, 5.74) is 1.69. The number of pyridine rings is 1. The first-order valence-electron chi connectivity index (χ1n) is 9.54. The van der Waals surface area contributed by atoms with Crippen LogP contribution < -0.4 is 15.0 Å². The number of para-hydroxylation sites is 1. The average molecular weight is 392 g/mol. The predicted molar refractivity (Wildman–Crippen MR) is 112 cm³/mol. The van der Waals surface area contributed by atoms with Crippen LogP contribution in [0.15, 0.2) is 54.9 Å². The van der Waals surface area contributed by atoms with E-state index in [1.165, 1.54) is 7.11 Å². The van der Waals surface area contributed by atoms with Crippen LogP contribution in [0.3, 0.4) is 0 Å². The average Bonchev–Trinajstić information content (AvgIpc) is 3.20. The molecule has 29 heavy (non-hydrogen) atoms. The Bertz CT molecular complexity index is 963. The number of likely N-dealkylation sites (N-methyl/N-ethyl adjacent to an activating group) is 1. The number of ether oxygens (including phenoxy) is 1. The van der Waals surface area contributed by atoms with E-state index in [-0.39, 0.29) is 11.6 Å². The van der Waals surface area contributed by atoms with E-state index in [1.54, 1.807) is 17.1 Å². The molecule has 8 nitrogen and oxygen atoms in total. The van der Waals surface area contributed by atoms with Crippen molar-refractivity contribution >= 4 is 17.4 Å². The van der Waals surface area contributed by atoms with Crippen LogP contribution in [-0.2, 0) is 0 Å². The number of methoxy groups -OCH3 is 1. The summed E-state index contributed by atoms with van der Waals surface area (Å²) in [5.74, 6) is 0.987. The molecular weight excluding hydrogens is 368 g/mol. The van der Waals surface area contributed by atoms with Gasteiger partial charge < -0.3 is 19.9 Å². The molecule has 1 saturated heterocycles. The lowest BCUT2D eigenvalue weighted by atomic mass is 10.3. The molecule has 3 aromatic rings. The highest BCUT2D eigenvalue weighted by atomic mass is 16.5. The third kappa shape index (κ3) is 4.22. The second-order valence-electron chi connectivity index (χ2n) is 6.98. The summed E-state index contributed by atoms with van der Waals surface area (Å²) in [6.07, 6.45) is 3.37. The van der Waals surface area contributed by atoms with Gasteiger partial charge in [-0.25, -0.2) is 9.67 Å². The van der Waals surface area contributed by atoms with Crippen LogP contribution in [0.1, 0.15) is 10.5 Å². The SMILES string of the molecule is COc1cn(-c2ccccc2)nc1C(=O)Nc1ccc(N2CCN(C)CC2)nc1. The molecule has 1 amide bonds. The van der Waals surface area contributed by atoms with E-state index in [2.05, 4.69) is 32.2 Å². The molecule has 0 unspecified atom stereocenters. The van der Waals surface area contributed by atoms with Crippen LogP contribution in [0.2, 0.25) is 0 Å². The third-order valence-corrected chi connectivity index (χ3v) is 4.97. The summed E-state index contributed by atoms with van der Waals surface area (Å²) >= 11 is 0. The number of carbonyl (C=O) groups is 1. The number of anilines is 2. The second-order valence-corrected chi connectivity index (χ2v) is 6.98. The monoisotopic (exact) mass is 392 g/mol. The quantitative estimate of drug-likeness (QED) is 0.718. The summed E-state index contributed by atoms with van der Waals surface area (Å²) in [5, 5.41) is 7.24. The zero-order valence-corrected chi connectivity index (χ0v) is 16.6. The molecule has 1 aliphatic rings. The van der Waals surface area contributed by atoms with Crippen LogP contribution in [0.5, 0.6) is 5.75 Å². The maximum atomic E-state index is 12.8. The molecule has 2 aromatic heterocycles. The number of hydrogen-bond acceptors (Lipinski definition) is 6. The van der Waals surface area contributed by atoms with Crippen molar-refractivity contribution in [1.29, 1.82) is 0 Å². The number of rotatable bonds is 5. The molecule has 150 valence electrons. The van der Waals surface area contributed by atoms with Crippen molar-refractivity contribution in [3.63, 3.8) is 0 Å². The van der Waals surface area contributed by atoms with Gasteiger partial charge in [0, 0.05) is 26.2 Å². The molecule has 1 aromatic carbocycles. The fraction of sp³-hybridized carbons (Fsp3) is 0.286. The van der Waals surface area contributed by atoms with Gasteiger partial charge in [-0.05, 0) is 31.3 Å². The van der Waals surface area contributed by atoms with Crippen molar-refractivity contribution in [1.82, 2.24) is 19.7 Å². The fourth-order valence-electron chi connectivity index (χ4n) is 3.25. The van der Waals surface area contributed by atoms with Gasteiger partial charge in [0.25, 0.3) is 5.91 Å². The number of hydrogen-bond donors (Lipinski definition) is 1. The van der Waals surface area contributed by atoms with Gasteiger partial charge in [-0.3, -0.25) is 4.79 Å². The Hall–Kier alpha value is -3.39. The lowest BCUT2D eigenvalue weighted by Crippen LogP contribution is -2.44. The number of amides is 1. The summed E-state index contributed by atoms with van der Waals surface area (Å²) in [6, 6.07) is 13.4. The summed E-state index contributed by atoms with van der Waals surface area (Å²) in [6.45, 7) is 3.93. The molecule has 0 bridgehead atoms. The fourth-order valence-corrected chi connectivity index (χ4v) is 3.25. The lowest BCUT2D eigenvalue weighted by molar-refractivity contribution is 0.101. The highest BCUT2D eigenvalue weighted by Gasteiger charge is 2.19. The Labute approximate surface area is 169 Å². The molecule has 4 rings (SSSR count). The smallest absolute Gasteiger partial charge is 0.280 e. The maximum Gasteiger partial charge on any atom is 0.280 e. The van der Waals surface area contributed by atoms with E-state index in [0.29, 0.717) is 11.4 Å². The summed E-state index contributed by atoms with van der Waals surface area (Å²) in [4.78, 5) is 21.8. The minimum absolute atomic E-state index is 0.222. The van der Waals surface area contributed by atoms with Crippen LogP contribution >= 0.6 is 0 Å². The molecule has 8 heteroatoms. The molecule has 0 atom stereocenters. The molecule has 1 fully saturated rings. The van der Waals surface area contributed by atoms with Crippen molar-refractivity contribution in [2.75, 3.05) is 50.6 Å². The first-order valence-corrected chi connectivity index (χ1v) is 9.54. The van der Waals surface area contributed by atoms with Crippen LogP contribution in [0, 0.1) is 0 Å². The first-order chi connectivity index (χ1) is 14.1. The third-order valence-electron chi connectivity index (χ3n) is 4.97. The highest BCUT2D eigenvalue weighted by molar-refractivity contribution is 6.04. The van der Waals surface area contributed by atoms with Gasteiger partial charge in [-0.1, -0.05) is 18.2 Å². The van der Waals surface area contributed by atoms with Gasteiger partial charge in [0.2, 0.25) is 0 Å². The van der Waals surface area contributed by atoms with E-state index in [4.69, 9.17) is 4.74 Å². The normalized spacial score (nSPS) is 14.6. The Morgan fingerprint density at radius 1 is 1.07 bits per heavy atom. The Morgan fingerprint density at radius 2 is 1.83 bits per heavy atom. The van der Waals surface area contributed by atoms with Crippen molar-refractivity contribution < 1.29 is 9.53 Å². The molecule has 1 N–H and O–H groups in total. The van der Waals surface area contributed by atoms with Crippen LogP contribution in [-0.4, -0.2) is 65.9 Å². The molecule has 0 spiro atoms. The topological polar surface area (TPSA) is 75.5 Å². The van der Waals surface area contributed by atoms with E-state index in [1.807, 2.05) is 42.5 Å². The Kier molecular flexibility index (Phi) is 5.44. The van der Waals surface area contributed by atoms with E-state index in [9.17, 15) is 4.79 Å². The molecule has 0 saturated carbocycles. The Morgan fingerprint density at radius 3 is 2.48 bits per heavy atom. The Balaban J connectivity index is 1.47. The van der Waals surface area contributed by atoms with Gasteiger partial charge in [0.05, 0.1) is 30.9 Å². The van der Waals surface area contributed by atoms with Gasteiger partial charge in [0.1, 0.15) is 5.82 Å². The minimum atomic E-state index is -0.342. The van der Waals surface area contributed by atoms with E-state index >= 15 is 0 Å². The number of carbonyl (C=O) groups excluding carboxylic acids is 1. The van der Waals surface area contributed by atoms with Crippen LogP contribution in [0.4, 0.5) is 11.5 Å². The number of benzene rings is 1. The lowest BCUT2D eigenvalue weighted by Gasteiger charge is -2.33. The number of aromatic nitrogens is 3. The molecule has 1 aliphatic heterocycles. The highest BCUT2D eigenvalue weighted by Crippen LogP contribution is 2.21. The van der Waals surface area contributed by atoms with Gasteiger partial charge in [-0.2, -0.15) is 5.10 Å². The van der Waals surface area contributed by atoms with Crippen molar-refractivity contribution in [3.05, 3.63) is 60.6 Å². The molecule has 0 radical (unpaired) electrons. The summed E-state index contributed by atoms with van der Waals surface area (Å²) < 4.78 is 6.97. The largest absolute Gasteiger partial charge is 0.493 e. The first kappa shape index (κ1) is 18.9. The maximum absolute atomic E-state index is 12.8. The van der Waals surface area contributed by atoms with Crippen molar-refractivity contribution in [2.24, 2.45) is 0 Å². The van der Waals surface area contributed by atoms with Crippen molar-refractivity contribution in [3.8, 4) is 11.4 Å². The number of piperazine rings is 1. The molecular formula is C21H24N6O2. The molecule has 3 heterocycles. The summed E-state index contributed by atoms with van der Waals surface area (Å²) in [7, 11) is 3.65. The van der Waals surface area contributed by atoms with Gasteiger partial charge in [0.15, 0.2) is 11.4 Å². The van der Waals surface area contributed by atoms with Gasteiger partial charge in [-0.15, -0.1) is 0 Å². The zero-order chi connectivity index (χ0) is 20.2. The number of nitrogens with one attached hydrogen (secondary N) is 1. The van der Waals surface area contributed by atoms with Crippen molar-refractivity contribution in [2.45, 2.75) is 0 Å².